The largest absolute Gasteiger partial charge is 0.457 e. The van der Waals surface area contributed by atoms with Crippen molar-refractivity contribution >= 4 is 0 Å². The highest BCUT2D eigenvalue weighted by molar-refractivity contribution is 5.42. The van der Waals surface area contributed by atoms with Crippen molar-refractivity contribution in [3.63, 3.8) is 0 Å². The van der Waals surface area contributed by atoms with Crippen LogP contribution in [0, 0.1) is 20.8 Å². The summed E-state index contributed by atoms with van der Waals surface area (Å²) in [4.78, 5) is 0. The Morgan fingerprint density at radius 2 is 1.71 bits per heavy atom. The Morgan fingerprint density at radius 1 is 0.952 bits per heavy atom. The SMILES string of the molecule is Cc1ccc(Oc2ccc(C)c(C)c2)c(CNC(C)C)c1. The van der Waals surface area contributed by atoms with Crippen molar-refractivity contribution in [1.82, 2.24) is 5.32 Å². The molecule has 0 aliphatic rings. The summed E-state index contributed by atoms with van der Waals surface area (Å²) in [6, 6.07) is 13.0. The highest BCUT2D eigenvalue weighted by atomic mass is 16.5. The van der Waals surface area contributed by atoms with Gasteiger partial charge in [-0.15, -0.1) is 0 Å². The third kappa shape index (κ3) is 4.33. The molecule has 2 aromatic carbocycles. The second kappa shape index (κ2) is 6.77. The minimum Gasteiger partial charge on any atom is -0.457 e. The van der Waals surface area contributed by atoms with E-state index in [0.29, 0.717) is 6.04 Å². The van der Waals surface area contributed by atoms with Crippen LogP contribution in [0.4, 0.5) is 0 Å². The number of hydrogen-bond acceptors (Lipinski definition) is 2. The Balaban J connectivity index is 2.23. The summed E-state index contributed by atoms with van der Waals surface area (Å²) in [7, 11) is 0. The summed E-state index contributed by atoms with van der Waals surface area (Å²) < 4.78 is 6.09. The number of hydrogen-bond donors (Lipinski definition) is 1. The van der Waals surface area contributed by atoms with E-state index < -0.39 is 0 Å². The van der Waals surface area contributed by atoms with Crippen molar-refractivity contribution in [2.24, 2.45) is 0 Å². The van der Waals surface area contributed by atoms with E-state index in [0.717, 1.165) is 18.0 Å². The highest BCUT2D eigenvalue weighted by Crippen LogP contribution is 2.27. The zero-order chi connectivity index (χ0) is 15.4. The van der Waals surface area contributed by atoms with E-state index in [1.807, 2.05) is 6.07 Å². The van der Waals surface area contributed by atoms with Crippen LogP contribution in [0.2, 0.25) is 0 Å². The fourth-order valence-electron chi connectivity index (χ4n) is 2.16. The standard InChI is InChI=1S/C19H25NO/c1-13(2)20-12-17-10-14(3)6-9-19(17)21-18-8-7-15(4)16(5)11-18/h6-11,13,20H,12H2,1-5H3. The van der Waals surface area contributed by atoms with E-state index in [2.05, 4.69) is 70.3 Å². The Labute approximate surface area is 128 Å². The second-order valence-electron chi connectivity index (χ2n) is 5.99. The lowest BCUT2D eigenvalue weighted by Crippen LogP contribution is -2.22. The van der Waals surface area contributed by atoms with Gasteiger partial charge in [-0.3, -0.25) is 0 Å². The van der Waals surface area contributed by atoms with Gasteiger partial charge in [0.25, 0.3) is 0 Å². The molecule has 21 heavy (non-hydrogen) atoms. The molecular weight excluding hydrogens is 258 g/mol. The number of rotatable bonds is 5. The van der Waals surface area contributed by atoms with E-state index in [-0.39, 0.29) is 0 Å². The molecule has 2 aromatic rings. The van der Waals surface area contributed by atoms with Gasteiger partial charge >= 0.3 is 0 Å². The molecule has 0 heterocycles. The quantitative estimate of drug-likeness (QED) is 0.842. The van der Waals surface area contributed by atoms with Crippen LogP contribution in [0.15, 0.2) is 36.4 Å². The van der Waals surface area contributed by atoms with Gasteiger partial charge in [0.2, 0.25) is 0 Å². The molecule has 0 atom stereocenters. The second-order valence-corrected chi connectivity index (χ2v) is 5.99. The monoisotopic (exact) mass is 283 g/mol. The van der Waals surface area contributed by atoms with Crippen LogP contribution >= 0.6 is 0 Å². The van der Waals surface area contributed by atoms with Crippen molar-refractivity contribution in [2.45, 2.75) is 47.2 Å². The van der Waals surface area contributed by atoms with Crippen molar-refractivity contribution < 1.29 is 4.74 Å². The molecule has 0 saturated heterocycles. The first-order valence-electron chi connectivity index (χ1n) is 7.53. The lowest BCUT2D eigenvalue weighted by Gasteiger charge is -2.15. The van der Waals surface area contributed by atoms with E-state index >= 15 is 0 Å². The molecule has 0 bridgehead atoms. The average molecular weight is 283 g/mol. The van der Waals surface area contributed by atoms with Gasteiger partial charge in [-0.2, -0.15) is 0 Å². The Kier molecular flexibility index (Phi) is 5.03. The molecular formula is C19H25NO. The van der Waals surface area contributed by atoms with Crippen molar-refractivity contribution in [1.29, 1.82) is 0 Å². The summed E-state index contributed by atoms with van der Waals surface area (Å²) in [6.45, 7) is 11.5. The maximum absolute atomic E-state index is 6.09. The van der Waals surface area contributed by atoms with Gasteiger partial charge in [-0.25, -0.2) is 0 Å². The number of benzene rings is 2. The first-order valence-corrected chi connectivity index (χ1v) is 7.53. The Bertz CT molecular complexity index is 617. The fraction of sp³-hybridized carbons (Fsp3) is 0.368. The number of ether oxygens (including phenoxy) is 1. The van der Waals surface area contributed by atoms with Gasteiger partial charge < -0.3 is 10.1 Å². The fourth-order valence-corrected chi connectivity index (χ4v) is 2.16. The van der Waals surface area contributed by atoms with Gasteiger partial charge in [-0.05, 0) is 50.1 Å². The Morgan fingerprint density at radius 3 is 2.38 bits per heavy atom. The molecule has 0 saturated carbocycles. The lowest BCUT2D eigenvalue weighted by molar-refractivity contribution is 0.469. The predicted molar refractivity (Wildman–Crippen MR) is 89.1 cm³/mol. The maximum Gasteiger partial charge on any atom is 0.131 e. The van der Waals surface area contributed by atoms with Gasteiger partial charge in [-0.1, -0.05) is 37.6 Å². The Hall–Kier alpha value is -1.80. The molecule has 2 nitrogen and oxygen atoms in total. The molecule has 0 aliphatic heterocycles. The van der Waals surface area contributed by atoms with Crippen LogP contribution in [-0.4, -0.2) is 6.04 Å². The number of nitrogens with one attached hydrogen (secondary N) is 1. The van der Waals surface area contributed by atoms with Crippen LogP contribution in [0.1, 0.15) is 36.1 Å². The number of aryl methyl sites for hydroxylation is 3. The minimum absolute atomic E-state index is 0.458. The van der Waals surface area contributed by atoms with Crippen LogP contribution in [0.25, 0.3) is 0 Å². The maximum atomic E-state index is 6.09. The summed E-state index contributed by atoms with van der Waals surface area (Å²) in [5, 5.41) is 3.46. The van der Waals surface area contributed by atoms with Crippen molar-refractivity contribution in [3.8, 4) is 11.5 Å². The zero-order valence-electron chi connectivity index (χ0n) is 13.7. The topological polar surface area (TPSA) is 21.3 Å². The van der Waals surface area contributed by atoms with Crippen LogP contribution in [-0.2, 0) is 6.54 Å². The molecule has 0 aromatic heterocycles. The molecule has 1 N–H and O–H groups in total. The van der Waals surface area contributed by atoms with E-state index in [1.165, 1.54) is 22.3 Å². The third-order valence-corrected chi connectivity index (χ3v) is 3.62. The molecule has 112 valence electrons. The normalized spacial score (nSPS) is 11.0. The van der Waals surface area contributed by atoms with Gasteiger partial charge in [0.1, 0.15) is 11.5 Å². The summed E-state index contributed by atoms with van der Waals surface area (Å²) in [5.74, 6) is 1.82. The van der Waals surface area contributed by atoms with Gasteiger partial charge in [0.15, 0.2) is 0 Å². The van der Waals surface area contributed by atoms with Crippen molar-refractivity contribution in [3.05, 3.63) is 58.7 Å². The smallest absolute Gasteiger partial charge is 0.131 e. The molecule has 0 fully saturated rings. The molecule has 0 aliphatic carbocycles. The molecule has 2 heteroatoms. The summed E-state index contributed by atoms with van der Waals surface area (Å²) >= 11 is 0. The summed E-state index contributed by atoms with van der Waals surface area (Å²) in [6.07, 6.45) is 0. The molecule has 0 radical (unpaired) electrons. The van der Waals surface area contributed by atoms with E-state index in [9.17, 15) is 0 Å². The van der Waals surface area contributed by atoms with E-state index in [4.69, 9.17) is 4.74 Å². The first kappa shape index (κ1) is 15.6. The van der Waals surface area contributed by atoms with Crippen LogP contribution < -0.4 is 10.1 Å². The highest BCUT2D eigenvalue weighted by Gasteiger charge is 2.07. The minimum atomic E-state index is 0.458. The molecule has 2 rings (SSSR count). The summed E-state index contributed by atoms with van der Waals surface area (Å²) in [5.41, 5.74) is 4.99. The van der Waals surface area contributed by atoms with E-state index in [1.54, 1.807) is 0 Å². The van der Waals surface area contributed by atoms with Crippen molar-refractivity contribution in [2.75, 3.05) is 0 Å². The lowest BCUT2D eigenvalue weighted by atomic mass is 10.1. The van der Waals surface area contributed by atoms with Crippen LogP contribution in [0.3, 0.4) is 0 Å². The molecule has 0 amide bonds. The third-order valence-electron chi connectivity index (χ3n) is 3.62. The molecule has 0 unspecified atom stereocenters. The van der Waals surface area contributed by atoms with Gasteiger partial charge in [0.05, 0.1) is 0 Å². The van der Waals surface area contributed by atoms with Crippen LogP contribution in [0.5, 0.6) is 11.5 Å². The predicted octanol–water partition coefficient (Wildman–Crippen LogP) is 4.90. The molecule has 0 spiro atoms. The first-order chi connectivity index (χ1) is 9.95. The average Bonchev–Trinajstić information content (AvgIpc) is 2.43. The zero-order valence-corrected chi connectivity index (χ0v) is 13.7. The van der Waals surface area contributed by atoms with Gasteiger partial charge in [0, 0.05) is 18.2 Å².